The second kappa shape index (κ2) is 5.53. The summed E-state index contributed by atoms with van der Waals surface area (Å²) in [7, 11) is 0. The van der Waals surface area contributed by atoms with Crippen LogP contribution in [0.3, 0.4) is 0 Å². The lowest BCUT2D eigenvalue weighted by atomic mass is 10.2. The zero-order chi connectivity index (χ0) is 15.6. The first-order valence-corrected chi connectivity index (χ1v) is 7.17. The summed E-state index contributed by atoms with van der Waals surface area (Å²) in [4.78, 5) is 16.5. The van der Waals surface area contributed by atoms with Crippen molar-refractivity contribution in [2.75, 3.05) is 5.32 Å². The van der Waals surface area contributed by atoms with Crippen LogP contribution in [0.25, 0.3) is 0 Å². The van der Waals surface area contributed by atoms with Gasteiger partial charge in [-0.25, -0.2) is 0 Å². The third-order valence-electron chi connectivity index (χ3n) is 3.51. The molecule has 1 unspecified atom stereocenters. The van der Waals surface area contributed by atoms with Gasteiger partial charge in [0, 0.05) is 6.20 Å². The number of anilines is 1. The number of nitrogens with zero attached hydrogens (tertiary/aromatic N) is 3. The highest BCUT2D eigenvalue weighted by atomic mass is 16.5. The molecular formula is C16H13N5O2. The highest BCUT2D eigenvalue weighted by molar-refractivity contribution is 6.17. The Bertz CT molecular complexity index is 791. The number of nitrogens with one attached hydrogen (secondary N) is 2. The number of aromatic nitrogens is 1. The van der Waals surface area contributed by atoms with E-state index in [-0.39, 0.29) is 5.91 Å². The first kappa shape index (κ1) is 13.4. The number of hydrogen-bond donors (Lipinski definition) is 2. The van der Waals surface area contributed by atoms with Crippen LogP contribution in [0.1, 0.15) is 12.1 Å². The topological polar surface area (TPSA) is 88.0 Å². The molecule has 7 heteroatoms. The van der Waals surface area contributed by atoms with Crippen molar-refractivity contribution in [3.8, 4) is 5.75 Å². The number of carbonyl (C=O) groups excluding carboxylic acids is 1. The Morgan fingerprint density at radius 1 is 1.17 bits per heavy atom. The van der Waals surface area contributed by atoms with Crippen LogP contribution in [-0.2, 0) is 4.79 Å². The Morgan fingerprint density at radius 2 is 2.04 bits per heavy atom. The third-order valence-corrected chi connectivity index (χ3v) is 3.51. The van der Waals surface area contributed by atoms with E-state index in [0.717, 1.165) is 17.1 Å². The molecule has 0 bridgehead atoms. The molecule has 2 N–H and O–H groups in total. The monoisotopic (exact) mass is 307 g/mol. The summed E-state index contributed by atoms with van der Waals surface area (Å²) in [6, 6.07) is 13.0. The van der Waals surface area contributed by atoms with Gasteiger partial charge in [-0.05, 0) is 24.3 Å². The highest BCUT2D eigenvalue weighted by Gasteiger charge is 2.29. The van der Waals surface area contributed by atoms with Gasteiger partial charge in [0.25, 0.3) is 5.91 Å². The van der Waals surface area contributed by atoms with Crippen molar-refractivity contribution in [1.29, 1.82) is 0 Å². The van der Waals surface area contributed by atoms with E-state index in [2.05, 4.69) is 25.8 Å². The molecule has 0 saturated heterocycles. The SMILES string of the molecule is O=C(NC1=NN=C(c2ccccn2)C1)C1Nc2ccccc2O1. The molecular weight excluding hydrogens is 294 g/mol. The lowest BCUT2D eigenvalue weighted by Gasteiger charge is -2.11. The molecule has 0 spiro atoms. The molecule has 4 rings (SSSR count). The smallest absolute Gasteiger partial charge is 0.287 e. The molecule has 1 aromatic carbocycles. The molecule has 0 saturated carbocycles. The second-order valence-corrected chi connectivity index (χ2v) is 5.11. The van der Waals surface area contributed by atoms with Crippen molar-refractivity contribution in [2.24, 2.45) is 10.2 Å². The normalized spacial score (nSPS) is 18.3. The van der Waals surface area contributed by atoms with E-state index in [1.165, 1.54) is 0 Å². The fraction of sp³-hybridized carbons (Fsp3) is 0.125. The number of fused-ring (bicyclic) bond motifs is 1. The molecule has 1 atom stereocenters. The lowest BCUT2D eigenvalue weighted by molar-refractivity contribution is -0.124. The number of amidine groups is 1. The zero-order valence-corrected chi connectivity index (χ0v) is 12.1. The highest BCUT2D eigenvalue weighted by Crippen LogP contribution is 2.30. The van der Waals surface area contributed by atoms with Crippen LogP contribution in [0.4, 0.5) is 5.69 Å². The number of rotatable bonds is 2. The minimum absolute atomic E-state index is 0.308. The summed E-state index contributed by atoms with van der Waals surface area (Å²) >= 11 is 0. The maximum atomic E-state index is 12.3. The van der Waals surface area contributed by atoms with Crippen molar-refractivity contribution in [3.63, 3.8) is 0 Å². The number of para-hydroxylation sites is 2. The summed E-state index contributed by atoms with van der Waals surface area (Å²) < 4.78 is 5.56. The van der Waals surface area contributed by atoms with Crippen molar-refractivity contribution in [3.05, 3.63) is 54.4 Å². The molecule has 0 fully saturated rings. The van der Waals surface area contributed by atoms with E-state index in [1.54, 1.807) is 6.20 Å². The average molecular weight is 307 g/mol. The van der Waals surface area contributed by atoms with Gasteiger partial charge in [0.1, 0.15) is 11.6 Å². The van der Waals surface area contributed by atoms with Gasteiger partial charge in [-0.3, -0.25) is 9.78 Å². The predicted molar refractivity (Wildman–Crippen MR) is 85.4 cm³/mol. The van der Waals surface area contributed by atoms with Gasteiger partial charge in [-0.2, -0.15) is 5.10 Å². The van der Waals surface area contributed by atoms with Crippen molar-refractivity contribution >= 4 is 23.1 Å². The van der Waals surface area contributed by atoms with E-state index in [1.807, 2.05) is 42.5 Å². The van der Waals surface area contributed by atoms with Gasteiger partial charge < -0.3 is 15.4 Å². The van der Waals surface area contributed by atoms with Crippen LogP contribution in [-0.4, -0.2) is 28.7 Å². The number of hydrogen-bond acceptors (Lipinski definition) is 6. The Kier molecular flexibility index (Phi) is 3.23. The van der Waals surface area contributed by atoms with Gasteiger partial charge in [0.05, 0.1) is 23.5 Å². The van der Waals surface area contributed by atoms with Gasteiger partial charge in [-0.1, -0.05) is 18.2 Å². The number of pyridine rings is 1. The van der Waals surface area contributed by atoms with E-state index in [0.29, 0.717) is 18.0 Å². The van der Waals surface area contributed by atoms with Crippen molar-refractivity contribution < 1.29 is 9.53 Å². The number of amides is 1. The van der Waals surface area contributed by atoms with Crippen LogP contribution in [0.15, 0.2) is 58.9 Å². The van der Waals surface area contributed by atoms with Gasteiger partial charge >= 0.3 is 0 Å². The fourth-order valence-electron chi connectivity index (χ4n) is 2.41. The van der Waals surface area contributed by atoms with Gasteiger partial charge in [-0.15, -0.1) is 5.10 Å². The minimum Gasteiger partial charge on any atom is -0.459 e. The van der Waals surface area contributed by atoms with Crippen LogP contribution in [0, 0.1) is 0 Å². The molecule has 1 aromatic heterocycles. The van der Waals surface area contributed by atoms with Crippen molar-refractivity contribution in [2.45, 2.75) is 12.6 Å². The van der Waals surface area contributed by atoms with E-state index >= 15 is 0 Å². The molecule has 2 aliphatic heterocycles. The Balaban J connectivity index is 1.37. The summed E-state index contributed by atoms with van der Waals surface area (Å²) in [5, 5.41) is 13.8. The molecule has 7 nitrogen and oxygen atoms in total. The first-order valence-electron chi connectivity index (χ1n) is 7.17. The summed E-state index contributed by atoms with van der Waals surface area (Å²) in [5.41, 5.74) is 2.28. The Hall–Kier alpha value is -3.22. The van der Waals surface area contributed by atoms with E-state index in [9.17, 15) is 4.79 Å². The molecule has 1 amide bonds. The maximum absolute atomic E-state index is 12.3. The Labute approximate surface area is 132 Å². The molecule has 2 aromatic rings. The maximum Gasteiger partial charge on any atom is 0.287 e. The van der Waals surface area contributed by atoms with Crippen LogP contribution >= 0.6 is 0 Å². The van der Waals surface area contributed by atoms with E-state index < -0.39 is 6.23 Å². The standard InChI is InChI=1S/C16H13N5O2/c22-15(16-18-11-6-1-2-7-13(11)23-16)19-14-9-12(20-21-14)10-5-3-4-8-17-10/h1-8,16,18H,9H2,(H,19,21,22). The minimum atomic E-state index is -0.769. The van der Waals surface area contributed by atoms with Crippen molar-refractivity contribution in [1.82, 2.24) is 10.3 Å². The van der Waals surface area contributed by atoms with Gasteiger partial charge in [0.15, 0.2) is 0 Å². The molecule has 2 aliphatic rings. The first-order chi connectivity index (χ1) is 11.3. The number of benzene rings is 1. The number of carbonyl (C=O) groups is 1. The Morgan fingerprint density at radius 3 is 2.87 bits per heavy atom. The number of ether oxygens (including phenoxy) is 1. The quantitative estimate of drug-likeness (QED) is 0.881. The molecule has 3 heterocycles. The van der Waals surface area contributed by atoms with Gasteiger partial charge in [0.2, 0.25) is 6.23 Å². The summed E-state index contributed by atoms with van der Waals surface area (Å²) in [6.45, 7) is 0. The van der Waals surface area contributed by atoms with E-state index in [4.69, 9.17) is 4.74 Å². The third kappa shape index (κ3) is 2.64. The second-order valence-electron chi connectivity index (χ2n) is 5.11. The van der Waals surface area contributed by atoms with Crippen LogP contribution < -0.4 is 15.4 Å². The fourth-order valence-corrected chi connectivity index (χ4v) is 2.41. The summed E-state index contributed by atoms with van der Waals surface area (Å²) in [5.74, 6) is 0.834. The van der Waals surface area contributed by atoms with Crippen LogP contribution in [0.5, 0.6) is 5.75 Å². The lowest BCUT2D eigenvalue weighted by Crippen LogP contribution is -2.43. The predicted octanol–water partition coefficient (Wildman–Crippen LogP) is 1.53. The van der Waals surface area contributed by atoms with Crippen LogP contribution in [0.2, 0.25) is 0 Å². The molecule has 114 valence electrons. The molecule has 0 aliphatic carbocycles. The largest absolute Gasteiger partial charge is 0.459 e. The zero-order valence-electron chi connectivity index (χ0n) is 12.1. The molecule has 0 radical (unpaired) electrons. The summed E-state index contributed by atoms with van der Waals surface area (Å²) in [6.07, 6.45) is 1.36. The molecule has 23 heavy (non-hydrogen) atoms. The average Bonchev–Trinajstić information content (AvgIpc) is 3.22.